The van der Waals surface area contributed by atoms with Crippen LogP contribution in [0.4, 0.5) is 16.0 Å². The lowest BCUT2D eigenvalue weighted by molar-refractivity contribution is -0.142. The van der Waals surface area contributed by atoms with Crippen LogP contribution in [0.2, 0.25) is 10.0 Å². The molecule has 0 radical (unpaired) electrons. The van der Waals surface area contributed by atoms with E-state index in [0.717, 1.165) is 45.5 Å². The fourth-order valence-corrected chi connectivity index (χ4v) is 9.31. The number of pyridine rings is 1. The number of nitrogens with zero attached hydrogens (tertiary/aromatic N) is 5. The SMILES string of the molecule is Cl.O=C(Nc1nc(-c2cc(Cl)c(Br)s2)c(N2CCN(C3CCCCC3)CC2)s1)c1cnc(N2CCC(C(=O)O)CC2)c(Cl)c1. The van der Waals surface area contributed by atoms with Gasteiger partial charge in [0.2, 0.25) is 0 Å². The first-order valence-electron chi connectivity index (χ1n) is 14.7. The van der Waals surface area contributed by atoms with Gasteiger partial charge in [-0.2, -0.15) is 0 Å². The third-order valence-corrected chi connectivity index (χ3v) is 12.4. The van der Waals surface area contributed by atoms with Gasteiger partial charge in [0.05, 0.1) is 30.2 Å². The summed E-state index contributed by atoms with van der Waals surface area (Å²) in [5.74, 6) is -0.894. The van der Waals surface area contributed by atoms with E-state index in [-0.39, 0.29) is 24.2 Å². The molecule has 0 aromatic carbocycles. The topological polar surface area (TPSA) is 102 Å². The maximum Gasteiger partial charge on any atom is 0.306 e. The molecule has 238 valence electrons. The Labute approximate surface area is 289 Å². The van der Waals surface area contributed by atoms with Crippen molar-refractivity contribution in [2.45, 2.75) is 51.0 Å². The summed E-state index contributed by atoms with van der Waals surface area (Å²) >= 11 is 19.5. The fraction of sp³-hybridized carbons (Fsp3) is 0.517. The molecule has 0 bridgehead atoms. The third-order valence-electron chi connectivity index (χ3n) is 8.63. The first kappa shape index (κ1) is 33.7. The lowest BCUT2D eigenvalue weighted by atomic mass is 9.94. The van der Waals surface area contributed by atoms with Gasteiger partial charge in [0.1, 0.15) is 16.5 Å². The van der Waals surface area contributed by atoms with E-state index >= 15 is 0 Å². The number of anilines is 3. The number of hydrogen-bond donors (Lipinski definition) is 2. The second-order valence-corrected chi connectivity index (χ2v) is 15.5. The molecule has 3 aromatic rings. The van der Waals surface area contributed by atoms with Crippen LogP contribution in [0.15, 0.2) is 22.1 Å². The maximum atomic E-state index is 13.3. The van der Waals surface area contributed by atoms with Crippen LogP contribution in [0.25, 0.3) is 10.6 Å². The van der Waals surface area contributed by atoms with Crippen LogP contribution in [0.1, 0.15) is 55.3 Å². The molecular formula is C29H34BrCl3N6O3S2. The highest BCUT2D eigenvalue weighted by molar-refractivity contribution is 9.11. The van der Waals surface area contributed by atoms with Crippen LogP contribution in [0.3, 0.4) is 0 Å². The van der Waals surface area contributed by atoms with Gasteiger partial charge in [0.15, 0.2) is 5.13 Å². The van der Waals surface area contributed by atoms with Gasteiger partial charge in [-0.05, 0) is 53.7 Å². The van der Waals surface area contributed by atoms with Crippen molar-refractivity contribution in [3.05, 3.63) is 37.7 Å². The molecule has 5 heterocycles. The zero-order valence-electron chi connectivity index (χ0n) is 23.9. The number of carboxylic acid groups (broad SMARTS) is 1. The van der Waals surface area contributed by atoms with Crippen LogP contribution in [0, 0.1) is 5.92 Å². The number of rotatable bonds is 7. The van der Waals surface area contributed by atoms with Gasteiger partial charge in [0.25, 0.3) is 5.91 Å². The van der Waals surface area contributed by atoms with Crippen molar-refractivity contribution in [3.8, 4) is 10.6 Å². The van der Waals surface area contributed by atoms with E-state index in [1.807, 2.05) is 11.0 Å². The van der Waals surface area contributed by atoms with Gasteiger partial charge in [-0.25, -0.2) is 9.97 Å². The quantitative estimate of drug-likeness (QED) is 0.252. The molecule has 1 aliphatic carbocycles. The standard InChI is InChI=1S/C29H33BrCl2N6O3S2.ClH/c30-24-20(31)15-22(42-24)23-27(38-12-10-36(11-13-38)19-4-2-1-3-5-19)43-29(34-23)35-26(39)18-14-21(32)25(33-16-18)37-8-6-17(7-9-37)28(40)41;/h14-17,19H,1-13H2,(H,40,41)(H,34,35,39);1H. The summed E-state index contributed by atoms with van der Waals surface area (Å²) in [6.45, 7) is 4.95. The zero-order chi connectivity index (χ0) is 30.1. The van der Waals surface area contributed by atoms with E-state index in [4.69, 9.17) is 28.2 Å². The number of aliphatic carboxylic acids is 1. The van der Waals surface area contributed by atoms with Crippen molar-refractivity contribution in [3.63, 3.8) is 0 Å². The Kier molecular flexibility index (Phi) is 11.4. The van der Waals surface area contributed by atoms with E-state index in [1.165, 1.54) is 61.0 Å². The minimum atomic E-state index is -0.768. The van der Waals surface area contributed by atoms with Crippen LogP contribution >= 0.6 is 74.2 Å². The molecule has 0 unspecified atom stereocenters. The van der Waals surface area contributed by atoms with E-state index in [9.17, 15) is 14.7 Å². The second kappa shape index (κ2) is 14.8. The maximum absolute atomic E-state index is 13.3. The summed E-state index contributed by atoms with van der Waals surface area (Å²) in [6.07, 6.45) is 9.19. The van der Waals surface area contributed by atoms with Gasteiger partial charge < -0.3 is 14.9 Å². The number of aromatic nitrogens is 2. The van der Waals surface area contributed by atoms with Crippen LogP contribution in [-0.4, -0.2) is 77.2 Å². The molecule has 15 heteroatoms. The van der Waals surface area contributed by atoms with Crippen molar-refractivity contribution >= 4 is 102 Å². The monoisotopic (exact) mass is 762 g/mol. The molecule has 3 aromatic heterocycles. The summed E-state index contributed by atoms with van der Waals surface area (Å²) < 4.78 is 0.851. The molecule has 1 saturated carbocycles. The minimum absolute atomic E-state index is 0. The molecule has 2 saturated heterocycles. The smallest absolute Gasteiger partial charge is 0.306 e. The van der Waals surface area contributed by atoms with Crippen molar-refractivity contribution in [1.29, 1.82) is 0 Å². The van der Waals surface area contributed by atoms with Crippen LogP contribution < -0.4 is 15.1 Å². The number of hydrogen-bond acceptors (Lipinski definition) is 9. The lowest BCUT2D eigenvalue weighted by Crippen LogP contribution is -2.50. The van der Waals surface area contributed by atoms with Gasteiger partial charge in [-0.1, -0.05) is 53.8 Å². The van der Waals surface area contributed by atoms with E-state index in [1.54, 1.807) is 6.07 Å². The Hall–Kier alpha value is -1.67. The van der Waals surface area contributed by atoms with E-state index in [0.29, 0.717) is 58.5 Å². The first-order valence-corrected chi connectivity index (χ1v) is 17.8. The van der Waals surface area contributed by atoms with E-state index in [2.05, 4.69) is 36.0 Å². The number of piperazine rings is 1. The molecule has 0 spiro atoms. The molecule has 9 nitrogen and oxygen atoms in total. The van der Waals surface area contributed by atoms with Gasteiger partial charge in [-0.15, -0.1) is 23.7 Å². The van der Waals surface area contributed by atoms with Crippen molar-refractivity contribution < 1.29 is 14.7 Å². The highest BCUT2D eigenvalue weighted by Crippen LogP contribution is 2.45. The zero-order valence-corrected chi connectivity index (χ0v) is 29.5. The molecule has 6 rings (SSSR count). The van der Waals surface area contributed by atoms with Gasteiger partial charge >= 0.3 is 5.97 Å². The Morgan fingerprint density at radius 2 is 1.64 bits per heavy atom. The minimum Gasteiger partial charge on any atom is -0.481 e. The predicted octanol–water partition coefficient (Wildman–Crippen LogP) is 7.77. The van der Waals surface area contributed by atoms with Crippen molar-refractivity contribution in [2.24, 2.45) is 5.92 Å². The Bertz CT molecular complexity index is 1470. The van der Waals surface area contributed by atoms with Crippen molar-refractivity contribution in [1.82, 2.24) is 14.9 Å². The van der Waals surface area contributed by atoms with Gasteiger partial charge in [0, 0.05) is 51.5 Å². The molecule has 44 heavy (non-hydrogen) atoms. The summed E-state index contributed by atoms with van der Waals surface area (Å²) in [4.78, 5) is 41.9. The average Bonchev–Trinajstić information content (AvgIpc) is 3.59. The van der Waals surface area contributed by atoms with Crippen LogP contribution in [-0.2, 0) is 4.79 Å². The second-order valence-electron chi connectivity index (χ2n) is 11.3. The lowest BCUT2D eigenvalue weighted by Gasteiger charge is -2.41. The summed E-state index contributed by atoms with van der Waals surface area (Å²) in [5.41, 5.74) is 1.15. The molecule has 3 aliphatic rings. The number of amides is 1. The number of carboxylic acids is 1. The third kappa shape index (κ3) is 7.48. The van der Waals surface area contributed by atoms with Crippen molar-refractivity contribution in [2.75, 3.05) is 54.4 Å². The fourth-order valence-electron chi connectivity index (χ4n) is 6.24. The number of thiophene rings is 1. The number of thiazole rings is 1. The summed E-state index contributed by atoms with van der Waals surface area (Å²) in [6, 6.07) is 4.22. The Balaban J connectivity index is 0.00000384. The average molecular weight is 765 g/mol. The Morgan fingerprint density at radius 1 is 0.932 bits per heavy atom. The number of carbonyl (C=O) groups is 2. The molecule has 1 amide bonds. The number of halogens is 4. The molecule has 0 atom stereocenters. The molecule has 2 aliphatic heterocycles. The van der Waals surface area contributed by atoms with E-state index < -0.39 is 5.97 Å². The number of carbonyl (C=O) groups excluding carboxylic acids is 1. The molecule has 2 N–H and O–H groups in total. The summed E-state index contributed by atoms with van der Waals surface area (Å²) in [5, 5.41) is 14.8. The van der Waals surface area contributed by atoms with Gasteiger partial charge in [-0.3, -0.25) is 19.8 Å². The predicted molar refractivity (Wildman–Crippen MR) is 186 cm³/mol. The number of piperidine rings is 1. The first-order chi connectivity index (χ1) is 20.8. The normalized spacial score (nSPS) is 18.7. The summed E-state index contributed by atoms with van der Waals surface area (Å²) in [7, 11) is 0. The number of nitrogens with one attached hydrogen (secondary N) is 1. The highest BCUT2D eigenvalue weighted by Gasteiger charge is 2.30. The largest absolute Gasteiger partial charge is 0.481 e. The van der Waals surface area contributed by atoms with Crippen LogP contribution in [0.5, 0.6) is 0 Å². The highest BCUT2D eigenvalue weighted by atomic mass is 79.9. The molecule has 3 fully saturated rings. The molecular weight excluding hydrogens is 731 g/mol. The Morgan fingerprint density at radius 3 is 2.25 bits per heavy atom.